The van der Waals surface area contributed by atoms with Gasteiger partial charge in [-0.2, -0.15) is 0 Å². The Labute approximate surface area is 150 Å². The van der Waals surface area contributed by atoms with Crippen LogP contribution in [0, 0.1) is 5.92 Å². The van der Waals surface area contributed by atoms with Crippen molar-refractivity contribution in [2.75, 3.05) is 40.4 Å². The zero-order chi connectivity index (χ0) is 14.7. The van der Waals surface area contributed by atoms with Gasteiger partial charge in [0, 0.05) is 45.6 Å². The van der Waals surface area contributed by atoms with Crippen LogP contribution in [0.25, 0.3) is 0 Å². The first-order valence-electron chi connectivity index (χ1n) is 7.85. The Kier molecular flexibility index (Phi) is 6.50. The zero-order valence-corrected chi connectivity index (χ0v) is 15.7. The molecule has 1 aromatic rings. The van der Waals surface area contributed by atoms with Crippen molar-refractivity contribution in [3.8, 4) is 0 Å². The number of fused-ring (bicyclic) bond motifs is 1. The molecule has 2 aliphatic rings. The van der Waals surface area contributed by atoms with Gasteiger partial charge in [0.1, 0.15) is 0 Å². The lowest BCUT2D eigenvalue weighted by atomic mass is 9.78. The molecule has 1 aromatic carbocycles. The SMILES string of the molecule is CN=C(NCC1Cc2ccccc21)N(C)CC1CCOC1.I. The Morgan fingerprint density at radius 1 is 1.41 bits per heavy atom. The Balaban J connectivity index is 0.00000176. The Morgan fingerprint density at radius 2 is 2.23 bits per heavy atom. The second-order valence-electron chi connectivity index (χ2n) is 6.14. The van der Waals surface area contributed by atoms with Gasteiger partial charge in [-0.15, -0.1) is 24.0 Å². The van der Waals surface area contributed by atoms with E-state index >= 15 is 0 Å². The highest BCUT2D eigenvalue weighted by Gasteiger charge is 2.26. The third kappa shape index (κ3) is 3.93. The smallest absolute Gasteiger partial charge is 0.193 e. The predicted molar refractivity (Wildman–Crippen MR) is 101 cm³/mol. The molecule has 0 saturated carbocycles. The van der Waals surface area contributed by atoms with Gasteiger partial charge in [-0.3, -0.25) is 4.99 Å². The van der Waals surface area contributed by atoms with Crippen molar-refractivity contribution in [3.63, 3.8) is 0 Å². The number of nitrogens with zero attached hydrogens (tertiary/aromatic N) is 2. The molecule has 1 N–H and O–H groups in total. The Bertz CT molecular complexity index is 514. The number of hydrogen-bond donors (Lipinski definition) is 1. The number of guanidine groups is 1. The summed E-state index contributed by atoms with van der Waals surface area (Å²) in [6.45, 7) is 3.77. The molecule has 122 valence electrons. The van der Waals surface area contributed by atoms with E-state index in [2.05, 4.69) is 46.5 Å². The summed E-state index contributed by atoms with van der Waals surface area (Å²) in [5.74, 6) is 2.26. The van der Waals surface area contributed by atoms with Gasteiger partial charge in [-0.05, 0) is 24.0 Å². The van der Waals surface area contributed by atoms with Gasteiger partial charge in [0.2, 0.25) is 0 Å². The summed E-state index contributed by atoms with van der Waals surface area (Å²) in [6, 6.07) is 8.73. The van der Waals surface area contributed by atoms with Crippen LogP contribution in [0.5, 0.6) is 0 Å². The number of ether oxygens (including phenoxy) is 1. The van der Waals surface area contributed by atoms with Crippen molar-refractivity contribution in [2.24, 2.45) is 10.9 Å². The van der Waals surface area contributed by atoms with E-state index in [-0.39, 0.29) is 24.0 Å². The molecule has 22 heavy (non-hydrogen) atoms. The summed E-state index contributed by atoms with van der Waals surface area (Å²) in [5.41, 5.74) is 2.99. The first kappa shape index (κ1) is 17.5. The fraction of sp³-hybridized carbons (Fsp3) is 0.588. The van der Waals surface area contributed by atoms with Crippen molar-refractivity contribution >= 4 is 29.9 Å². The van der Waals surface area contributed by atoms with E-state index < -0.39 is 0 Å². The molecule has 3 rings (SSSR count). The van der Waals surface area contributed by atoms with Crippen LogP contribution in [0.15, 0.2) is 29.3 Å². The van der Waals surface area contributed by atoms with Gasteiger partial charge in [-0.25, -0.2) is 0 Å². The monoisotopic (exact) mass is 415 g/mol. The highest BCUT2D eigenvalue weighted by atomic mass is 127. The lowest BCUT2D eigenvalue weighted by Crippen LogP contribution is -2.44. The van der Waals surface area contributed by atoms with Crippen molar-refractivity contribution in [2.45, 2.75) is 18.8 Å². The first-order chi connectivity index (χ1) is 10.3. The molecular weight excluding hydrogens is 389 g/mol. The van der Waals surface area contributed by atoms with E-state index in [4.69, 9.17) is 4.74 Å². The summed E-state index contributed by atoms with van der Waals surface area (Å²) in [4.78, 5) is 6.63. The van der Waals surface area contributed by atoms with E-state index in [1.54, 1.807) is 0 Å². The summed E-state index contributed by atoms with van der Waals surface area (Å²) in [5, 5.41) is 3.52. The maximum Gasteiger partial charge on any atom is 0.193 e. The van der Waals surface area contributed by atoms with Gasteiger partial charge in [0.15, 0.2) is 5.96 Å². The van der Waals surface area contributed by atoms with E-state index in [0.29, 0.717) is 11.8 Å². The Hall–Kier alpha value is -0.820. The van der Waals surface area contributed by atoms with E-state index in [0.717, 1.165) is 38.7 Å². The third-order valence-electron chi connectivity index (χ3n) is 4.60. The maximum absolute atomic E-state index is 5.45. The van der Waals surface area contributed by atoms with Gasteiger partial charge in [0.05, 0.1) is 6.61 Å². The molecule has 0 spiro atoms. The quantitative estimate of drug-likeness (QED) is 0.467. The molecule has 0 bridgehead atoms. The fourth-order valence-corrected chi connectivity index (χ4v) is 3.35. The number of halogens is 1. The van der Waals surface area contributed by atoms with Crippen LogP contribution < -0.4 is 5.32 Å². The van der Waals surface area contributed by atoms with Crippen LogP contribution >= 0.6 is 24.0 Å². The third-order valence-corrected chi connectivity index (χ3v) is 4.60. The molecule has 5 heteroatoms. The summed E-state index contributed by atoms with van der Waals surface area (Å²) in [6.07, 6.45) is 2.34. The van der Waals surface area contributed by atoms with E-state index in [9.17, 15) is 0 Å². The lowest BCUT2D eigenvalue weighted by molar-refractivity contribution is 0.181. The molecule has 1 aliphatic carbocycles. The normalized spacial score (nSPS) is 23.3. The minimum atomic E-state index is 0. The van der Waals surface area contributed by atoms with Crippen molar-refractivity contribution in [3.05, 3.63) is 35.4 Å². The predicted octanol–water partition coefficient (Wildman–Crippen LogP) is 2.49. The van der Waals surface area contributed by atoms with Gasteiger partial charge in [-0.1, -0.05) is 24.3 Å². The molecule has 2 unspecified atom stereocenters. The minimum Gasteiger partial charge on any atom is -0.381 e. The molecule has 0 amide bonds. The second-order valence-corrected chi connectivity index (χ2v) is 6.14. The second kappa shape index (κ2) is 8.15. The van der Waals surface area contributed by atoms with Crippen LogP contribution in [0.1, 0.15) is 23.5 Å². The van der Waals surface area contributed by atoms with Gasteiger partial charge >= 0.3 is 0 Å². The maximum atomic E-state index is 5.45. The average Bonchev–Trinajstić information content (AvgIpc) is 2.96. The molecule has 4 nitrogen and oxygen atoms in total. The molecular formula is C17H26IN3O. The number of nitrogens with one attached hydrogen (secondary N) is 1. The number of rotatable bonds is 4. The van der Waals surface area contributed by atoms with Crippen molar-refractivity contribution in [1.82, 2.24) is 10.2 Å². The summed E-state index contributed by atoms with van der Waals surface area (Å²) in [7, 11) is 3.97. The highest BCUT2D eigenvalue weighted by molar-refractivity contribution is 14.0. The molecule has 1 aliphatic heterocycles. The largest absolute Gasteiger partial charge is 0.381 e. The van der Waals surface area contributed by atoms with Gasteiger partial charge < -0.3 is 15.0 Å². The van der Waals surface area contributed by atoms with Crippen LogP contribution in [-0.2, 0) is 11.2 Å². The summed E-state index contributed by atoms with van der Waals surface area (Å²) >= 11 is 0. The zero-order valence-electron chi connectivity index (χ0n) is 13.4. The molecule has 1 heterocycles. The number of aliphatic imine (C=N–C) groups is 1. The number of benzene rings is 1. The highest BCUT2D eigenvalue weighted by Crippen LogP contribution is 2.33. The van der Waals surface area contributed by atoms with Crippen molar-refractivity contribution < 1.29 is 4.74 Å². The van der Waals surface area contributed by atoms with E-state index in [1.807, 2.05) is 7.05 Å². The topological polar surface area (TPSA) is 36.9 Å². The van der Waals surface area contributed by atoms with Gasteiger partial charge in [0.25, 0.3) is 0 Å². The lowest BCUT2D eigenvalue weighted by Gasteiger charge is -2.32. The standard InChI is InChI=1S/C17H25N3O.HI/c1-18-17(20(2)11-13-7-8-21-12-13)19-10-15-9-14-5-3-4-6-16(14)15;/h3-6,13,15H,7-12H2,1-2H3,(H,18,19);1H. The fourth-order valence-electron chi connectivity index (χ4n) is 3.35. The molecule has 0 aromatic heterocycles. The summed E-state index contributed by atoms with van der Waals surface area (Å²) < 4.78 is 5.45. The molecule has 1 fully saturated rings. The number of hydrogen-bond acceptors (Lipinski definition) is 2. The first-order valence-corrected chi connectivity index (χ1v) is 7.85. The minimum absolute atomic E-state index is 0. The van der Waals surface area contributed by atoms with Crippen LogP contribution in [-0.4, -0.2) is 51.3 Å². The van der Waals surface area contributed by atoms with E-state index in [1.165, 1.54) is 17.5 Å². The van der Waals surface area contributed by atoms with Crippen LogP contribution in [0.4, 0.5) is 0 Å². The van der Waals surface area contributed by atoms with Crippen molar-refractivity contribution in [1.29, 1.82) is 0 Å². The van der Waals surface area contributed by atoms with Crippen LogP contribution in [0.3, 0.4) is 0 Å². The Morgan fingerprint density at radius 3 is 2.91 bits per heavy atom. The average molecular weight is 415 g/mol. The molecule has 1 saturated heterocycles. The molecule has 0 radical (unpaired) electrons. The van der Waals surface area contributed by atoms with Crippen LogP contribution in [0.2, 0.25) is 0 Å². The molecule has 2 atom stereocenters.